The number of hydrogen-bond acceptors (Lipinski definition) is 6. The second-order valence-electron chi connectivity index (χ2n) is 5.68. The van der Waals surface area contributed by atoms with Crippen LogP contribution >= 0.6 is 24.0 Å². The summed E-state index contributed by atoms with van der Waals surface area (Å²) in [6, 6.07) is 3.31. The van der Waals surface area contributed by atoms with Crippen LogP contribution in [-0.4, -0.2) is 49.1 Å². The number of thiocarbonyl (C=S) groups is 1. The van der Waals surface area contributed by atoms with Crippen molar-refractivity contribution in [3.63, 3.8) is 0 Å². The maximum absolute atomic E-state index is 11.7. The monoisotopic (exact) mass is 357 g/mol. The molecule has 3 heterocycles. The molecule has 2 aliphatic rings. The van der Waals surface area contributed by atoms with Gasteiger partial charge in [-0.15, -0.1) is 4.73 Å². The Morgan fingerprint density at radius 3 is 2.83 bits per heavy atom. The van der Waals surface area contributed by atoms with Crippen molar-refractivity contribution in [3.8, 4) is 11.8 Å². The Kier molecular flexibility index (Phi) is 4.86. The van der Waals surface area contributed by atoms with E-state index in [1.54, 1.807) is 0 Å². The maximum Gasteiger partial charge on any atom is 0.333 e. The highest BCUT2D eigenvalue weighted by atomic mass is 32.2. The average Bonchev–Trinajstić information content (AvgIpc) is 3.14. The van der Waals surface area contributed by atoms with Gasteiger partial charge in [-0.2, -0.15) is 11.8 Å². The van der Waals surface area contributed by atoms with Gasteiger partial charge < -0.3 is 25.7 Å². The van der Waals surface area contributed by atoms with Gasteiger partial charge in [0.25, 0.3) is 0 Å². The maximum atomic E-state index is 11.7. The first-order valence-corrected chi connectivity index (χ1v) is 9.00. The van der Waals surface area contributed by atoms with Crippen molar-refractivity contribution >= 4 is 35.1 Å². The van der Waals surface area contributed by atoms with Crippen molar-refractivity contribution in [1.82, 2.24) is 15.4 Å². The lowest BCUT2D eigenvalue weighted by atomic mass is 10.0. The van der Waals surface area contributed by atoms with E-state index in [2.05, 4.69) is 10.6 Å². The van der Waals surface area contributed by atoms with Gasteiger partial charge in [-0.25, -0.2) is 4.79 Å². The molecule has 3 rings (SSSR count). The fraction of sp³-hybridized carbons (Fsp3) is 0.571. The number of unbranched alkanes of at least 4 members (excludes halogenated alkanes) is 1. The fourth-order valence-electron chi connectivity index (χ4n) is 2.90. The van der Waals surface area contributed by atoms with E-state index in [1.165, 1.54) is 12.1 Å². The predicted octanol–water partition coefficient (Wildman–Crippen LogP) is 0.745. The van der Waals surface area contributed by atoms with Gasteiger partial charge >= 0.3 is 5.97 Å². The molecular weight excluding hydrogens is 338 g/mol. The van der Waals surface area contributed by atoms with E-state index in [0.29, 0.717) is 23.8 Å². The van der Waals surface area contributed by atoms with E-state index < -0.39 is 5.97 Å². The van der Waals surface area contributed by atoms with Crippen LogP contribution in [0.3, 0.4) is 0 Å². The van der Waals surface area contributed by atoms with Crippen LogP contribution in [-0.2, 0) is 4.79 Å². The zero-order chi connectivity index (χ0) is 16.4. The molecule has 9 heteroatoms. The Bertz CT molecular complexity index is 587. The molecule has 4 N–H and O–H groups in total. The lowest BCUT2D eigenvalue weighted by Crippen LogP contribution is -2.36. The van der Waals surface area contributed by atoms with Crippen molar-refractivity contribution in [1.29, 1.82) is 0 Å². The Hall–Kier alpha value is -1.61. The molecule has 23 heavy (non-hydrogen) atoms. The zero-order valence-corrected chi connectivity index (χ0v) is 14.0. The second-order valence-corrected chi connectivity index (χ2v) is 7.36. The first-order chi connectivity index (χ1) is 11.0. The molecule has 0 spiro atoms. The number of aromatic nitrogens is 1. The lowest BCUT2D eigenvalue weighted by molar-refractivity contribution is -0.145. The highest BCUT2D eigenvalue weighted by Crippen LogP contribution is 2.33. The Balaban J connectivity index is 1.37. The molecule has 2 fully saturated rings. The summed E-state index contributed by atoms with van der Waals surface area (Å²) >= 11 is 7.07. The summed E-state index contributed by atoms with van der Waals surface area (Å²) in [5.74, 6) is -0.0397. The third kappa shape index (κ3) is 3.66. The van der Waals surface area contributed by atoms with Crippen LogP contribution in [0.4, 0.5) is 0 Å². The topological polar surface area (TPSA) is 95.8 Å². The summed E-state index contributed by atoms with van der Waals surface area (Å²) in [7, 11) is 0. The molecule has 0 saturated carbocycles. The standard InChI is InChI=1S/C14H19N3O4S2/c18-10-5-6-11(19)17(10)21-12(20)4-2-1-3-9-13-8(7-23-9)15-14(22)16-13/h5-6,8-9,13,18-19H,1-4,7H2,(H2,15,16,22). The lowest BCUT2D eigenvalue weighted by Gasteiger charge is -2.16. The summed E-state index contributed by atoms with van der Waals surface area (Å²) < 4.78 is 0.717. The van der Waals surface area contributed by atoms with Crippen LogP contribution in [0.25, 0.3) is 0 Å². The Morgan fingerprint density at radius 2 is 2.09 bits per heavy atom. The molecule has 2 aliphatic heterocycles. The highest BCUT2D eigenvalue weighted by Gasteiger charge is 2.41. The number of rotatable bonds is 6. The number of carbonyl (C=O) groups is 1. The second kappa shape index (κ2) is 6.88. The molecule has 3 unspecified atom stereocenters. The number of nitrogens with one attached hydrogen (secondary N) is 2. The van der Waals surface area contributed by atoms with Gasteiger partial charge in [0.2, 0.25) is 11.8 Å². The number of thioether (sulfide) groups is 1. The molecule has 0 aromatic carbocycles. The average molecular weight is 357 g/mol. The van der Waals surface area contributed by atoms with Crippen LogP contribution < -0.4 is 15.5 Å². The van der Waals surface area contributed by atoms with Gasteiger partial charge in [0, 0.05) is 29.6 Å². The van der Waals surface area contributed by atoms with Crippen LogP contribution in [0, 0.1) is 0 Å². The quantitative estimate of drug-likeness (QED) is 0.438. The Morgan fingerprint density at radius 1 is 1.35 bits per heavy atom. The minimum absolute atomic E-state index is 0.243. The van der Waals surface area contributed by atoms with Crippen LogP contribution in [0.5, 0.6) is 11.8 Å². The van der Waals surface area contributed by atoms with Gasteiger partial charge in [-0.3, -0.25) is 0 Å². The first-order valence-electron chi connectivity index (χ1n) is 7.54. The summed E-state index contributed by atoms with van der Waals surface area (Å²) in [6.07, 6.45) is 2.87. The minimum atomic E-state index is -0.481. The SMILES string of the molecule is O=C(CCCCC1SCC2NC(=S)NC21)On1c(O)ccc1O. The number of carbonyl (C=O) groups excluding carboxylic acids is 1. The molecule has 0 amide bonds. The van der Waals surface area contributed by atoms with Crippen molar-refractivity contribution < 1.29 is 19.8 Å². The molecule has 2 saturated heterocycles. The van der Waals surface area contributed by atoms with Crippen molar-refractivity contribution in [3.05, 3.63) is 12.1 Å². The van der Waals surface area contributed by atoms with E-state index in [4.69, 9.17) is 17.1 Å². The molecule has 3 atom stereocenters. The molecule has 126 valence electrons. The fourth-order valence-corrected chi connectivity index (χ4v) is 4.73. The van der Waals surface area contributed by atoms with E-state index >= 15 is 0 Å². The molecule has 0 bridgehead atoms. The molecule has 0 aliphatic carbocycles. The van der Waals surface area contributed by atoms with Gasteiger partial charge in [-0.1, -0.05) is 6.42 Å². The zero-order valence-electron chi connectivity index (χ0n) is 12.4. The summed E-state index contributed by atoms with van der Waals surface area (Å²) in [5, 5.41) is 26.6. The van der Waals surface area contributed by atoms with Crippen molar-refractivity contribution in [2.75, 3.05) is 5.75 Å². The first kappa shape index (κ1) is 16.3. The molecule has 1 aromatic rings. The van der Waals surface area contributed by atoms with Gasteiger partial charge in [0.15, 0.2) is 5.11 Å². The summed E-state index contributed by atoms with van der Waals surface area (Å²) in [6.45, 7) is 0. The summed E-state index contributed by atoms with van der Waals surface area (Å²) in [5.41, 5.74) is 0. The largest absolute Gasteiger partial charge is 0.492 e. The third-order valence-electron chi connectivity index (χ3n) is 4.05. The number of hydrogen-bond donors (Lipinski definition) is 4. The van der Waals surface area contributed by atoms with E-state index in [9.17, 15) is 15.0 Å². The molecule has 0 radical (unpaired) electrons. The number of nitrogens with zero attached hydrogens (tertiary/aromatic N) is 1. The van der Waals surface area contributed by atoms with Gasteiger partial charge in [0.05, 0.1) is 12.1 Å². The van der Waals surface area contributed by atoms with Crippen molar-refractivity contribution in [2.24, 2.45) is 0 Å². The highest BCUT2D eigenvalue weighted by molar-refractivity contribution is 8.00. The van der Waals surface area contributed by atoms with Crippen LogP contribution in [0.2, 0.25) is 0 Å². The minimum Gasteiger partial charge on any atom is -0.492 e. The van der Waals surface area contributed by atoms with Gasteiger partial charge in [0.1, 0.15) is 0 Å². The van der Waals surface area contributed by atoms with Crippen LogP contribution in [0.1, 0.15) is 25.7 Å². The van der Waals surface area contributed by atoms with E-state index in [-0.39, 0.29) is 18.2 Å². The van der Waals surface area contributed by atoms with Crippen LogP contribution in [0.15, 0.2) is 12.1 Å². The number of fused-ring (bicyclic) bond motifs is 1. The summed E-state index contributed by atoms with van der Waals surface area (Å²) in [4.78, 5) is 16.6. The van der Waals surface area contributed by atoms with E-state index in [1.807, 2.05) is 11.8 Å². The molecule has 7 nitrogen and oxygen atoms in total. The molecule has 1 aromatic heterocycles. The predicted molar refractivity (Wildman–Crippen MR) is 90.5 cm³/mol. The van der Waals surface area contributed by atoms with Crippen molar-refractivity contribution in [2.45, 2.75) is 43.0 Å². The number of aromatic hydroxyl groups is 2. The Labute approximate surface area is 143 Å². The normalized spacial score (nSPS) is 25.7. The smallest absolute Gasteiger partial charge is 0.333 e. The molecular formula is C14H19N3O4S2. The van der Waals surface area contributed by atoms with E-state index in [0.717, 1.165) is 28.4 Å². The van der Waals surface area contributed by atoms with Gasteiger partial charge in [-0.05, 0) is 25.1 Å². The third-order valence-corrected chi connectivity index (χ3v) is 5.79.